The van der Waals surface area contributed by atoms with Crippen molar-refractivity contribution in [3.63, 3.8) is 0 Å². The first-order chi connectivity index (χ1) is 12.5. The second kappa shape index (κ2) is 7.15. The van der Waals surface area contributed by atoms with Crippen LogP contribution < -0.4 is 10.6 Å². The van der Waals surface area contributed by atoms with E-state index in [0.717, 1.165) is 16.0 Å². The summed E-state index contributed by atoms with van der Waals surface area (Å²) in [4.78, 5) is 49.2. The van der Waals surface area contributed by atoms with Crippen LogP contribution in [0.4, 0.5) is 4.79 Å². The standard InChI is InChI=1S/C18H21N3O5/c1-26-15(23)7-4-10-19-14(22)11-21-16(24)18(20-17(21)25)9-8-12-5-2-3-6-13(12)18/h2-3,5-6H,4,7-11H2,1H3,(H,19,22)(H,20,25)/t18-/m0/s1. The number of fused-ring (bicyclic) bond motifs is 2. The van der Waals surface area contributed by atoms with Crippen LogP contribution in [0.15, 0.2) is 24.3 Å². The van der Waals surface area contributed by atoms with Gasteiger partial charge >= 0.3 is 12.0 Å². The summed E-state index contributed by atoms with van der Waals surface area (Å²) in [6.07, 6.45) is 1.82. The van der Waals surface area contributed by atoms with E-state index in [9.17, 15) is 19.2 Å². The zero-order chi connectivity index (χ0) is 18.7. The Morgan fingerprint density at radius 3 is 2.85 bits per heavy atom. The van der Waals surface area contributed by atoms with Crippen LogP contribution in [-0.4, -0.2) is 48.9 Å². The van der Waals surface area contributed by atoms with Gasteiger partial charge in [-0.2, -0.15) is 0 Å². The SMILES string of the molecule is COC(=O)CCCNC(=O)CN1C(=O)N[C@]2(CCc3ccccc32)C1=O. The van der Waals surface area contributed by atoms with Crippen LogP contribution in [0.25, 0.3) is 0 Å². The number of urea groups is 1. The predicted molar refractivity (Wildman–Crippen MR) is 90.9 cm³/mol. The van der Waals surface area contributed by atoms with E-state index in [4.69, 9.17) is 0 Å². The number of carbonyl (C=O) groups is 4. The molecule has 2 N–H and O–H groups in total. The number of rotatable bonds is 6. The van der Waals surface area contributed by atoms with Crippen LogP contribution in [0, 0.1) is 0 Å². The molecule has 1 atom stereocenters. The summed E-state index contributed by atoms with van der Waals surface area (Å²) in [6, 6.07) is 6.97. The Morgan fingerprint density at radius 1 is 1.31 bits per heavy atom. The highest BCUT2D eigenvalue weighted by molar-refractivity contribution is 6.09. The molecule has 0 saturated carbocycles. The van der Waals surface area contributed by atoms with Crippen LogP contribution in [-0.2, 0) is 31.1 Å². The summed E-state index contributed by atoms with van der Waals surface area (Å²) in [5, 5.41) is 5.38. The largest absolute Gasteiger partial charge is 0.469 e. The molecule has 0 radical (unpaired) electrons. The average molecular weight is 359 g/mol. The summed E-state index contributed by atoms with van der Waals surface area (Å²) >= 11 is 0. The van der Waals surface area contributed by atoms with Crippen LogP contribution in [0.2, 0.25) is 0 Å². The highest BCUT2D eigenvalue weighted by atomic mass is 16.5. The number of hydrogen-bond donors (Lipinski definition) is 2. The molecule has 138 valence electrons. The van der Waals surface area contributed by atoms with Crippen molar-refractivity contribution < 1.29 is 23.9 Å². The third-order valence-corrected chi connectivity index (χ3v) is 4.83. The van der Waals surface area contributed by atoms with E-state index in [1.54, 1.807) is 0 Å². The second-order valence-electron chi connectivity index (χ2n) is 6.41. The Hall–Kier alpha value is -2.90. The van der Waals surface area contributed by atoms with Gasteiger partial charge in [-0.25, -0.2) is 4.79 Å². The smallest absolute Gasteiger partial charge is 0.325 e. The molecule has 1 aromatic rings. The van der Waals surface area contributed by atoms with Gasteiger partial charge in [0.05, 0.1) is 7.11 Å². The van der Waals surface area contributed by atoms with E-state index < -0.39 is 23.4 Å². The molecule has 8 nitrogen and oxygen atoms in total. The molecule has 1 heterocycles. The molecule has 0 bridgehead atoms. The van der Waals surface area contributed by atoms with Crippen molar-refractivity contribution >= 4 is 23.8 Å². The van der Waals surface area contributed by atoms with Crippen molar-refractivity contribution in [1.82, 2.24) is 15.5 Å². The number of benzene rings is 1. The number of imide groups is 1. The zero-order valence-corrected chi connectivity index (χ0v) is 14.5. The molecule has 2 aliphatic rings. The Bertz CT molecular complexity index is 763. The van der Waals surface area contributed by atoms with Gasteiger partial charge < -0.3 is 15.4 Å². The van der Waals surface area contributed by atoms with Gasteiger partial charge in [-0.05, 0) is 30.4 Å². The van der Waals surface area contributed by atoms with Gasteiger partial charge in [0.15, 0.2) is 0 Å². The molecule has 3 rings (SSSR count). The third-order valence-electron chi connectivity index (χ3n) is 4.83. The second-order valence-corrected chi connectivity index (χ2v) is 6.41. The summed E-state index contributed by atoms with van der Waals surface area (Å²) < 4.78 is 4.52. The fraction of sp³-hybridized carbons (Fsp3) is 0.444. The van der Waals surface area contributed by atoms with E-state index >= 15 is 0 Å². The molecule has 1 aromatic carbocycles. The van der Waals surface area contributed by atoms with Gasteiger partial charge in [0.25, 0.3) is 5.91 Å². The van der Waals surface area contributed by atoms with Crippen molar-refractivity contribution in [3.8, 4) is 0 Å². The molecule has 0 aromatic heterocycles. The summed E-state index contributed by atoms with van der Waals surface area (Å²) in [5.74, 6) is -1.19. The molecule has 26 heavy (non-hydrogen) atoms. The van der Waals surface area contributed by atoms with Crippen molar-refractivity contribution in [3.05, 3.63) is 35.4 Å². The number of aryl methyl sites for hydroxylation is 1. The zero-order valence-electron chi connectivity index (χ0n) is 14.5. The quantitative estimate of drug-likeness (QED) is 0.436. The molecule has 1 saturated heterocycles. The van der Waals surface area contributed by atoms with Gasteiger partial charge in [0.1, 0.15) is 12.1 Å². The number of carbonyl (C=O) groups excluding carboxylic acids is 4. The highest BCUT2D eigenvalue weighted by Crippen LogP contribution is 2.41. The number of hydrogen-bond acceptors (Lipinski definition) is 5. The van der Waals surface area contributed by atoms with Gasteiger partial charge in [-0.1, -0.05) is 24.3 Å². The van der Waals surface area contributed by atoms with E-state index in [0.29, 0.717) is 19.3 Å². The number of nitrogens with zero attached hydrogens (tertiary/aromatic N) is 1. The lowest BCUT2D eigenvalue weighted by Crippen LogP contribution is -2.44. The Labute approximate surface area is 150 Å². The number of amides is 4. The first-order valence-corrected chi connectivity index (χ1v) is 8.54. The van der Waals surface area contributed by atoms with Gasteiger partial charge in [0.2, 0.25) is 5.91 Å². The topological polar surface area (TPSA) is 105 Å². The Morgan fingerprint density at radius 2 is 2.08 bits per heavy atom. The molecular weight excluding hydrogens is 338 g/mol. The predicted octanol–water partition coefficient (Wildman–Crippen LogP) is 0.449. The Balaban J connectivity index is 1.60. The minimum Gasteiger partial charge on any atom is -0.469 e. The minimum atomic E-state index is -1.06. The van der Waals surface area contributed by atoms with Crippen LogP contribution in [0.3, 0.4) is 0 Å². The molecule has 1 aliphatic heterocycles. The summed E-state index contributed by atoms with van der Waals surface area (Å²) in [6.45, 7) is -0.0711. The van der Waals surface area contributed by atoms with Crippen LogP contribution >= 0.6 is 0 Å². The van der Waals surface area contributed by atoms with Gasteiger partial charge in [-0.15, -0.1) is 0 Å². The van der Waals surface area contributed by atoms with Crippen LogP contribution in [0.5, 0.6) is 0 Å². The molecule has 1 fully saturated rings. The molecule has 8 heteroatoms. The van der Waals surface area contributed by atoms with Crippen molar-refractivity contribution in [2.75, 3.05) is 20.2 Å². The molecule has 1 spiro atoms. The fourth-order valence-electron chi connectivity index (χ4n) is 3.50. The van der Waals surface area contributed by atoms with E-state index in [1.807, 2.05) is 24.3 Å². The summed E-state index contributed by atoms with van der Waals surface area (Å²) in [7, 11) is 1.30. The van der Waals surface area contributed by atoms with E-state index in [1.165, 1.54) is 7.11 Å². The lowest BCUT2D eigenvalue weighted by Gasteiger charge is -2.22. The number of nitrogens with one attached hydrogen (secondary N) is 2. The maximum absolute atomic E-state index is 12.9. The first-order valence-electron chi connectivity index (χ1n) is 8.54. The van der Waals surface area contributed by atoms with Crippen molar-refractivity contribution in [1.29, 1.82) is 0 Å². The number of esters is 1. The van der Waals surface area contributed by atoms with Crippen LogP contribution in [0.1, 0.15) is 30.4 Å². The number of ether oxygens (including phenoxy) is 1. The van der Waals surface area contributed by atoms with Crippen molar-refractivity contribution in [2.45, 2.75) is 31.2 Å². The lowest BCUT2D eigenvalue weighted by molar-refractivity contribution is -0.140. The molecule has 0 unspecified atom stereocenters. The maximum Gasteiger partial charge on any atom is 0.325 e. The molecule has 1 aliphatic carbocycles. The molecular formula is C18H21N3O5. The average Bonchev–Trinajstić information content (AvgIpc) is 3.12. The molecule has 4 amide bonds. The lowest BCUT2D eigenvalue weighted by atomic mass is 9.92. The Kier molecular flexibility index (Phi) is 4.92. The number of methoxy groups -OCH3 is 1. The normalized spacial score (nSPS) is 20.9. The monoisotopic (exact) mass is 359 g/mol. The minimum absolute atomic E-state index is 0.194. The maximum atomic E-state index is 12.9. The van der Waals surface area contributed by atoms with E-state index in [2.05, 4.69) is 15.4 Å². The van der Waals surface area contributed by atoms with Gasteiger partial charge in [0, 0.05) is 13.0 Å². The first kappa shape index (κ1) is 17.9. The third kappa shape index (κ3) is 3.14. The van der Waals surface area contributed by atoms with E-state index in [-0.39, 0.29) is 25.5 Å². The van der Waals surface area contributed by atoms with Gasteiger partial charge in [-0.3, -0.25) is 19.3 Å². The van der Waals surface area contributed by atoms with Crippen molar-refractivity contribution in [2.24, 2.45) is 0 Å². The fourth-order valence-corrected chi connectivity index (χ4v) is 3.50. The highest BCUT2D eigenvalue weighted by Gasteiger charge is 2.55. The summed E-state index contributed by atoms with van der Waals surface area (Å²) in [5.41, 5.74) is 0.786.